The summed E-state index contributed by atoms with van der Waals surface area (Å²) in [4.78, 5) is 33.4. The Hall–Kier alpha value is -3.40. The number of carbonyl (C=O) groups is 2. The maximum Gasteiger partial charge on any atom is 0.315 e. The van der Waals surface area contributed by atoms with E-state index in [1.165, 1.54) is 0 Å². The molecule has 10 heteroatoms. The Morgan fingerprint density at radius 1 is 1.00 bits per heavy atom. The Bertz CT molecular complexity index is 1130. The van der Waals surface area contributed by atoms with Gasteiger partial charge in [-0.1, -0.05) is 0 Å². The van der Waals surface area contributed by atoms with Crippen molar-refractivity contribution >= 4 is 50.7 Å². The van der Waals surface area contributed by atoms with Gasteiger partial charge in [-0.3, -0.25) is 4.79 Å². The van der Waals surface area contributed by atoms with E-state index in [0.29, 0.717) is 30.0 Å². The number of fused-ring (bicyclic) bond motifs is 1. The number of nitrogens with one attached hydrogen (secondary N) is 5. The summed E-state index contributed by atoms with van der Waals surface area (Å²) < 4.78 is 1.09. The summed E-state index contributed by atoms with van der Waals surface area (Å²) in [6.45, 7) is 10.2. The van der Waals surface area contributed by atoms with E-state index in [0.717, 1.165) is 15.9 Å². The van der Waals surface area contributed by atoms with E-state index in [1.54, 1.807) is 17.5 Å². The van der Waals surface area contributed by atoms with E-state index in [4.69, 9.17) is 0 Å². The fourth-order valence-electron chi connectivity index (χ4n) is 3.31. The molecule has 0 fully saturated rings. The van der Waals surface area contributed by atoms with Crippen LogP contribution in [-0.2, 0) is 0 Å². The van der Waals surface area contributed by atoms with Crippen LogP contribution in [0.2, 0.25) is 0 Å². The number of nitrogens with zero attached hydrogens (tertiary/aromatic N) is 2. The summed E-state index contributed by atoms with van der Waals surface area (Å²) in [6.07, 6.45) is 2.18. The minimum absolute atomic E-state index is 0.0688. The lowest BCUT2D eigenvalue weighted by atomic mass is 10.1. The van der Waals surface area contributed by atoms with Gasteiger partial charge in [-0.25, -0.2) is 14.8 Å². The minimum atomic E-state index is -0.216. The highest BCUT2D eigenvalue weighted by atomic mass is 32.1. The van der Waals surface area contributed by atoms with E-state index in [9.17, 15) is 9.59 Å². The Labute approximate surface area is 204 Å². The van der Waals surface area contributed by atoms with Crippen molar-refractivity contribution in [1.29, 1.82) is 0 Å². The number of thiazole rings is 1. The summed E-state index contributed by atoms with van der Waals surface area (Å²) >= 11 is 1.58. The monoisotopic (exact) mass is 483 g/mol. The Morgan fingerprint density at radius 2 is 1.79 bits per heavy atom. The lowest BCUT2D eigenvalue weighted by Crippen LogP contribution is -2.44. The van der Waals surface area contributed by atoms with Crippen LogP contribution >= 0.6 is 11.3 Å². The molecule has 0 aliphatic rings. The summed E-state index contributed by atoms with van der Waals surface area (Å²) in [5, 5.41) is 15.2. The number of hydrogen-bond acceptors (Lipinski definition) is 7. The molecule has 1 unspecified atom stereocenters. The molecule has 0 spiro atoms. The highest BCUT2D eigenvalue weighted by molar-refractivity contribution is 7.16. The van der Waals surface area contributed by atoms with Gasteiger partial charge in [0, 0.05) is 42.6 Å². The molecular weight excluding hydrogens is 450 g/mol. The van der Waals surface area contributed by atoms with E-state index >= 15 is 0 Å². The minimum Gasteiger partial charge on any atom is -0.382 e. The smallest absolute Gasteiger partial charge is 0.315 e. The predicted molar refractivity (Wildman–Crippen MR) is 139 cm³/mol. The number of hydrogen-bond donors (Lipinski definition) is 5. The van der Waals surface area contributed by atoms with Gasteiger partial charge in [0.15, 0.2) is 0 Å². The molecule has 0 saturated heterocycles. The largest absolute Gasteiger partial charge is 0.382 e. The van der Waals surface area contributed by atoms with Crippen LogP contribution < -0.4 is 26.6 Å². The molecule has 3 aromatic rings. The van der Waals surface area contributed by atoms with Crippen molar-refractivity contribution in [3.05, 3.63) is 41.5 Å². The zero-order valence-electron chi connectivity index (χ0n) is 20.2. The van der Waals surface area contributed by atoms with Crippen molar-refractivity contribution in [1.82, 2.24) is 25.9 Å². The molecule has 0 radical (unpaired) electrons. The van der Waals surface area contributed by atoms with Gasteiger partial charge in [-0.05, 0) is 59.2 Å². The zero-order chi connectivity index (χ0) is 24.7. The number of amides is 3. The van der Waals surface area contributed by atoms with E-state index in [2.05, 4.69) is 36.6 Å². The molecule has 2 heterocycles. The summed E-state index contributed by atoms with van der Waals surface area (Å²) in [5.74, 6) is 0.421. The van der Waals surface area contributed by atoms with Crippen LogP contribution in [0.5, 0.6) is 0 Å². The molecule has 5 N–H and O–H groups in total. The molecule has 0 bridgehead atoms. The first-order valence-corrected chi connectivity index (χ1v) is 12.3. The highest BCUT2D eigenvalue weighted by Gasteiger charge is 2.15. The third kappa shape index (κ3) is 7.31. The van der Waals surface area contributed by atoms with Crippen molar-refractivity contribution in [3.63, 3.8) is 0 Å². The van der Waals surface area contributed by atoms with Crippen molar-refractivity contribution in [3.8, 4) is 0 Å². The molecule has 182 valence electrons. The van der Waals surface area contributed by atoms with Gasteiger partial charge in [-0.2, -0.15) is 0 Å². The zero-order valence-corrected chi connectivity index (χ0v) is 21.0. The number of pyridine rings is 1. The van der Waals surface area contributed by atoms with Gasteiger partial charge in [0.25, 0.3) is 5.91 Å². The molecule has 2 aromatic heterocycles. The van der Waals surface area contributed by atoms with Crippen LogP contribution in [0.3, 0.4) is 0 Å². The molecule has 0 aliphatic carbocycles. The Balaban J connectivity index is 1.63. The number of aromatic nitrogens is 2. The molecule has 9 nitrogen and oxygen atoms in total. The average molecular weight is 484 g/mol. The SMILES string of the molecule is CC(C)NC(=O)NC(C)CCNC(=O)c1cnc(Nc2ccc3ncsc3c2)cc1NC(C)C. The van der Waals surface area contributed by atoms with Crippen LogP contribution in [0.25, 0.3) is 10.2 Å². The van der Waals surface area contributed by atoms with Crippen molar-refractivity contribution in [2.45, 2.75) is 59.2 Å². The molecule has 3 amide bonds. The molecule has 3 rings (SSSR count). The van der Waals surface area contributed by atoms with E-state index in [-0.39, 0.29) is 30.1 Å². The molecule has 0 aliphatic heterocycles. The highest BCUT2D eigenvalue weighted by Crippen LogP contribution is 2.26. The Kier molecular flexibility index (Phi) is 8.64. The first-order valence-electron chi connectivity index (χ1n) is 11.4. The van der Waals surface area contributed by atoms with Crippen molar-refractivity contribution < 1.29 is 9.59 Å². The summed E-state index contributed by atoms with van der Waals surface area (Å²) in [7, 11) is 0. The number of rotatable bonds is 10. The van der Waals surface area contributed by atoms with Gasteiger partial charge in [0.2, 0.25) is 0 Å². The molecule has 1 atom stereocenters. The van der Waals surface area contributed by atoms with Gasteiger partial charge >= 0.3 is 6.03 Å². The van der Waals surface area contributed by atoms with Gasteiger partial charge in [0.05, 0.1) is 27.0 Å². The van der Waals surface area contributed by atoms with Crippen LogP contribution in [0, 0.1) is 0 Å². The first kappa shape index (κ1) is 25.2. The maximum atomic E-state index is 12.9. The van der Waals surface area contributed by atoms with Gasteiger partial charge in [0.1, 0.15) is 5.82 Å². The molecular formula is C24H33N7O2S. The second-order valence-electron chi connectivity index (χ2n) is 8.79. The van der Waals surface area contributed by atoms with Crippen LogP contribution in [0.4, 0.5) is 22.0 Å². The van der Waals surface area contributed by atoms with Crippen molar-refractivity contribution in [2.75, 3.05) is 17.2 Å². The molecule has 1 aromatic carbocycles. The summed E-state index contributed by atoms with van der Waals surface area (Å²) in [5.41, 5.74) is 4.85. The molecule has 34 heavy (non-hydrogen) atoms. The van der Waals surface area contributed by atoms with Gasteiger partial charge < -0.3 is 26.6 Å². The standard InChI is InChI=1S/C24H33N7O2S/c1-14(2)28-20-11-22(31-17-6-7-19-21(10-17)34-13-27-19)26-12-18(20)23(32)25-9-8-16(5)30-24(33)29-15(3)4/h6-7,10-16H,8-9H2,1-5H3,(H,25,32)(H2,26,28,31)(H2,29,30,33). The topological polar surface area (TPSA) is 120 Å². The quantitative estimate of drug-likeness (QED) is 0.290. The summed E-state index contributed by atoms with van der Waals surface area (Å²) in [6, 6.07) is 7.71. The third-order valence-corrected chi connectivity index (χ3v) is 5.65. The Morgan fingerprint density at radius 3 is 2.53 bits per heavy atom. The van der Waals surface area contributed by atoms with Crippen LogP contribution in [0.1, 0.15) is 51.4 Å². The lowest BCUT2D eigenvalue weighted by Gasteiger charge is -2.18. The first-order chi connectivity index (χ1) is 16.2. The van der Waals surface area contributed by atoms with E-state index in [1.807, 2.05) is 64.4 Å². The van der Waals surface area contributed by atoms with Crippen LogP contribution in [-0.4, -0.2) is 46.6 Å². The predicted octanol–water partition coefficient (Wildman–Crippen LogP) is 4.47. The van der Waals surface area contributed by atoms with Crippen molar-refractivity contribution in [2.24, 2.45) is 0 Å². The lowest BCUT2D eigenvalue weighted by molar-refractivity contribution is 0.0953. The third-order valence-electron chi connectivity index (χ3n) is 4.86. The number of anilines is 3. The average Bonchev–Trinajstić information content (AvgIpc) is 3.20. The van der Waals surface area contributed by atoms with E-state index < -0.39 is 0 Å². The second kappa shape index (κ2) is 11.6. The fraction of sp³-hybridized carbons (Fsp3) is 0.417. The fourth-order valence-corrected chi connectivity index (χ4v) is 4.03. The van der Waals surface area contributed by atoms with Crippen LogP contribution in [0.15, 0.2) is 36.0 Å². The maximum absolute atomic E-state index is 12.9. The second-order valence-corrected chi connectivity index (χ2v) is 9.68. The molecule has 0 saturated carbocycles. The van der Waals surface area contributed by atoms with Gasteiger partial charge in [-0.15, -0.1) is 11.3 Å². The number of carbonyl (C=O) groups excluding carboxylic acids is 2. The number of benzene rings is 1. The normalized spacial score (nSPS) is 12.0. The number of urea groups is 1.